The number of furan rings is 1. The summed E-state index contributed by atoms with van der Waals surface area (Å²) < 4.78 is 6.21. The molecule has 7 aromatic rings. The van der Waals surface area contributed by atoms with Gasteiger partial charge in [-0.05, 0) is 113 Å². The second-order valence-electron chi connectivity index (χ2n) is 12.9. The largest absolute Gasteiger partial charge is 0.456 e. The van der Waals surface area contributed by atoms with E-state index in [1.165, 1.54) is 44.5 Å². The van der Waals surface area contributed by atoms with Crippen LogP contribution in [0.4, 0.5) is 17.1 Å². The smallest absolute Gasteiger partial charge is 0.135 e. The van der Waals surface area contributed by atoms with Gasteiger partial charge in [0.15, 0.2) is 0 Å². The Morgan fingerprint density at radius 2 is 1.28 bits per heavy atom. The van der Waals surface area contributed by atoms with Crippen molar-refractivity contribution in [2.75, 3.05) is 4.90 Å². The van der Waals surface area contributed by atoms with Crippen LogP contribution >= 0.6 is 0 Å². The first kappa shape index (κ1) is 28.8. The average molecular weight is 608 g/mol. The molecule has 8 rings (SSSR count). The van der Waals surface area contributed by atoms with Gasteiger partial charge in [-0.2, -0.15) is 0 Å². The van der Waals surface area contributed by atoms with Crippen LogP contribution in [-0.4, -0.2) is 0 Å². The van der Waals surface area contributed by atoms with E-state index in [1.54, 1.807) is 0 Å². The molecule has 0 saturated heterocycles. The zero-order valence-corrected chi connectivity index (χ0v) is 27.3. The number of fused-ring (bicyclic) bond motifs is 6. The van der Waals surface area contributed by atoms with Crippen LogP contribution in [0.25, 0.3) is 49.8 Å². The summed E-state index contributed by atoms with van der Waals surface area (Å²) in [5, 5.41) is 2.25. The molecule has 0 N–H and O–H groups in total. The number of hydrogen-bond acceptors (Lipinski definition) is 2. The van der Waals surface area contributed by atoms with Crippen LogP contribution in [0.15, 0.2) is 156 Å². The highest BCUT2D eigenvalue weighted by atomic mass is 16.3. The molecule has 0 fully saturated rings. The van der Waals surface area contributed by atoms with E-state index in [1.807, 2.05) is 12.1 Å². The standard InChI is InChI=1S/C45H37NO/c1-5-12-30(6-2)32-13-11-14-33(27-32)31-19-21-34(22-20-31)46(35-24-26-44-40(28-35)39-16-8-10-18-43(39)47-44)36-23-25-38-37-15-7-9-17-41(37)45(3,4)42(38)29-36/h5-29H,1-4H3/b12-5-,30-6+. The van der Waals surface area contributed by atoms with Crippen molar-refractivity contribution in [1.29, 1.82) is 0 Å². The maximum atomic E-state index is 6.21. The number of nitrogens with zero attached hydrogens (tertiary/aromatic N) is 1. The van der Waals surface area contributed by atoms with Crippen molar-refractivity contribution in [2.24, 2.45) is 0 Å². The molecule has 1 heterocycles. The van der Waals surface area contributed by atoms with Crippen LogP contribution < -0.4 is 4.90 Å². The monoisotopic (exact) mass is 607 g/mol. The minimum atomic E-state index is -0.0913. The zero-order chi connectivity index (χ0) is 32.1. The molecule has 0 saturated carbocycles. The fourth-order valence-electron chi connectivity index (χ4n) is 7.35. The van der Waals surface area contributed by atoms with Gasteiger partial charge >= 0.3 is 0 Å². The first-order valence-electron chi connectivity index (χ1n) is 16.4. The second kappa shape index (κ2) is 11.3. The Morgan fingerprint density at radius 1 is 0.574 bits per heavy atom. The summed E-state index contributed by atoms with van der Waals surface area (Å²) in [4.78, 5) is 2.38. The van der Waals surface area contributed by atoms with Gasteiger partial charge in [0, 0.05) is 33.2 Å². The Morgan fingerprint density at radius 3 is 2.11 bits per heavy atom. The number of para-hydroxylation sites is 1. The van der Waals surface area contributed by atoms with E-state index in [0.717, 1.165) is 39.0 Å². The molecule has 0 aliphatic heterocycles. The van der Waals surface area contributed by atoms with Crippen LogP contribution in [0, 0.1) is 0 Å². The van der Waals surface area contributed by atoms with Crippen LogP contribution in [-0.2, 0) is 5.41 Å². The Labute approximate surface area is 276 Å². The minimum absolute atomic E-state index is 0.0913. The predicted octanol–water partition coefficient (Wildman–Crippen LogP) is 13.0. The molecular weight excluding hydrogens is 571 g/mol. The van der Waals surface area contributed by atoms with Gasteiger partial charge in [0.2, 0.25) is 0 Å². The summed E-state index contributed by atoms with van der Waals surface area (Å²) in [6.07, 6.45) is 6.42. The first-order chi connectivity index (χ1) is 23.0. The number of rotatable bonds is 6. The third kappa shape index (κ3) is 4.80. The van der Waals surface area contributed by atoms with Crippen molar-refractivity contribution in [1.82, 2.24) is 0 Å². The molecule has 0 atom stereocenters. The molecule has 1 aromatic heterocycles. The molecule has 1 aliphatic carbocycles. The molecular formula is C45H37NO. The van der Waals surface area contributed by atoms with Crippen molar-refractivity contribution in [3.8, 4) is 22.3 Å². The van der Waals surface area contributed by atoms with Gasteiger partial charge in [-0.3, -0.25) is 0 Å². The van der Waals surface area contributed by atoms with Crippen molar-refractivity contribution in [3.63, 3.8) is 0 Å². The highest BCUT2D eigenvalue weighted by Gasteiger charge is 2.35. The summed E-state index contributed by atoms with van der Waals surface area (Å²) in [5.41, 5.74) is 15.3. The Kier molecular flexibility index (Phi) is 6.95. The number of allylic oxidation sites excluding steroid dienone is 4. The second-order valence-corrected chi connectivity index (χ2v) is 12.9. The van der Waals surface area contributed by atoms with Gasteiger partial charge in [0.05, 0.1) is 0 Å². The Bertz CT molecular complexity index is 2350. The molecule has 6 aromatic carbocycles. The summed E-state index contributed by atoms with van der Waals surface area (Å²) in [6, 6.07) is 48.4. The topological polar surface area (TPSA) is 16.4 Å². The van der Waals surface area contributed by atoms with Crippen molar-refractivity contribution in [2.45, 2.75) is 33.1 Å². The molecule has 0 bridgehead atoms. The van der Waals surface area contributed by atoms with Crippen LogP contribution in [0.2, 0.25) is 0 Å². The Hall–Kier alpha value is -5.60. The normalized spacial score (nSPS) is 13.7. The van der Waals surface area contributed by atoms with Crippen molar-refractivity contribution >= 4 is 44.6 Å². The van der Waals surface area contributed by atoms with Crippen LogP contribution in [0.3, 0.4) is 0 Å². The lowest BCUT2D eigenvalue weighted by Crippen LogP contribution is -2.16. The summed E-state index contributed by atoms with van der Waals surface area (Å²) in [6.45, 7) is 8.83. The molecule has 2 heteroatoms. The average Bonchev–Trinajstić information content (AvgIpc) is 3.59. The van der Waals surface area contributed by atoms with Crippen LogP contribution in [0.1, 0.15) is 44.4 Å². The molecule has 1 aliphatic rings. The molecule has 0 amide bonds. The highest BCUT2D eigenvalue weighted by Crippen LogP contribution is 2.50. The van der Waals surface area contributed by atoms with Crippen molar-refractivity contribution < 1.29 is 4.42 Å². The van der Waals surface area contributed by atoms with Gasteiger partial charge in [-0.25, -0.2) is 0 Å². The zero-order valence-electron chi connectivity index (χ0n) is 27.3. The third-order valence-corrected chi connectivity index (χ3v) is 9.76. The van der Waals surface area contributed by atoms with Crippen LogP contribution in [0.5, 0.6) is 0 Å². The van der Waals surface area contributed by atoms with E-state index in [4.69, 9.17) is 4.42 Å². The third-order valence-electron chi connectivity index (χ3n) is 9.76. The maximum absolute atomic E-state index is 6.21. The fraction of sp³-hybridized carbons (Fsp3) is 0.111. The molecule has 228 valence electrons. The number of anilines is 3. The molecule has 47 heavy (non-hydrogen) atoms. The van der Waals surface area contributed by atoms with Gasteiger partial charge in [-0.1, -0.05) is 111 Å². The lowest BCUT2D eigenvalue weighted by molar-refractivity contribution is 0.660. The fourth-order valence-corrected chi connectivity index (χ4v) is 7.35. The molecule has 0 spiro atoms. The van der Waals surface area contributed by atoms with Gasteiger partial charge < -0.3 is 9.32 Å². The van der Waals surface area contributed by atoms with E-state index >= 15 is 0 Å². The molecule has 2 nitrogen and oxygen atoms in total. The summed E-state index contributed by atoms with van der Waals surface area (Å²) >= 11 is 0. The van der Waals surface area contributed by atoms with Gasteiger partial charge in [-0.15, -0.1) is 0 Å². The van der Waals surface area contributed by atoms with Gasteiger partial charge in [0.25, 0.3) is 0 Å². The summed E-state index contributed by atoms with van der Waals surface area (Å²) in [7, 11) is 0. The van der Waals surface area contributed by atoms with E-state index in [9.17, 15) is 0 Å². The van der Waals surface area contributed by atoms with E-state index in [0.29, 0.717) is 0 Å². The van der Waals surface area contributed by atoms with Gasteiger partial charge in [0.1, 0.15) is 11.2 Å². The maximum Gasteiger partial charge on any atom is 0.135 e. The Balaban J connectivity index is 1.26. The van der Waals surface area contributed by atoms with E-state index in [-0.39, 0.29) is 5.41 Å². The van der Waals surface area contributed by atoms with Crippen molar-refractivity contribution in [3.05, 3.63) is 168 Å². The van der Waals surface area contributed by atoms with E-state index in [2.05, 4.69) is 172 Å². The highest BCUT2D eigenvalue weighted by molar-refractivity contribution is 6.06. The predicted molar refractivity (Wildman–Crippen MR) is 200 cm³/mol. The lowest BCUT2D eigenvalue weighted by Gasteiger charge is -2.28. The van der Waals surface area contributed by atoms with E-state index < -0.39 is 0 Å². The number of hydrogen-bond donors (Lipinski definition) is 0. The molecule has 0 radical (unpaired) electrons. The quantitative estimate of drug-likeness (QED) is 0.175. The first-order valence-corrected chi connectivity index (χ1v) is 16.4. The number of benzene rings is 6. The SMILES string of the molecule is C/C=C\C(=C/C)c1cccc(-c2ccc(N(c3ccc4c(c3)C(C)(C)c3ccccc3-4)c3ccc4oc5ccccc5c4c3)cc2)c1. The minimum Gasteiger partial charge on any atom is -0.456 e. The summed E-state index contributed by atoms with van der Waals surface area (Å²) in [5.74, 6) is 0. The lowest BCUT2D eigenvalue weighted by atomic mass is 9.82. The molecule has 0 unspecified atom stereocenters.